The lowest BCUT2D eigenvalue weighted by atomic mass is 10.2. The average Bonchev–Trinajstić information content (AvgIpc) is 2.93. The van der Waals surface area contributed by atoms with Crippen molar-refractivity contribution in [1.82, 2.24) is 15.1 Å². The maximum absolute atomic E-state index is 12.2. The van der Waals surface area contributed by atoms with Gasteiger partial charge in [-0.2, -0.15) is 0 Å². The predicted molar refractivity (Wildman–Crippen MR) is 91.0 cm³/mol. The van der Waals surface area contributed by atoms with E-state index in [4.69, 9.17) is 0 Å². The van der Waals surface area contributed by atoms with Gasteiger partial charge in [-0.1, -0.05) is 41.7 Å². The molecule has 0 radical (unpaired) electrons. The molecule has 0 fully saturated rings. The van der Waals surface area contributed by atoms with Crippen LogP contribution in [0, 0.1) is 0 Å². The van der Waals surface area contributed by atoms with E-state index in [-0.39, 0.29) is 5.91 Å². The highest BCUT2D eigenvalue weighted by Gasteiger charge is 2.18. The number of benzene rings is 1. The Morgan fingerprint density at radius 2 is 1.77 bits per heavy atom. The normalized spacial score (nSPS) is 11.4. The molecule has 1 aromatic heterocycles. The van der Waals surface area contributed by atoms with Crippen molar-refractivity contribution >= 4 is 22.4 Å². The molecule has 0 aliphatic heterocycles. The van der Waals surface area contributed by atoms with Crippen molar-refractivity contribution in [1.29, 1.82) is 0 Å². The van der Waals surface area contributed by atoms with Gasteiger partial charge in [-0.15, -0.1) is 10.2 Å². The van der Waals surface area contributed by atoms with Crippen LogP contribution < -0.4 is 5.32 Å². The number of hydrogen-bond donors (Lipinski definition) is 1. The van der Waals surface area contributed by atoms with Gasteiger partial charge >= 0.3 is 0 Å². The second-order valence-corrected chi connectivity index (χ2v) is 6.66. The van der Waals surface area contributed by atoms with E-state index in [0.29, 0.717) is 23.8 Å². The van der Waals surface area contributed by atoms with Crippen molar-refractivity contribution in [3.63, 3.8) is 0 Å². The Morgan fingerprint density at radius 3 is 2.36 bits per heavy atom. The molecular weight excluding hydrogens is 296 g/mol. The summed E-state index contributed by atoms with van der Waals surface area (Å²) in [5.74, 6) is -0.0573. The van der Waals surface area contributed by atoms with Gasteiger partial charge in [-0.3, -0.25) is 15.0 Å². The van der Waals surface area contributed by atoms with Crippen LogP contribution in [-0.4, -0.2) is 39.6 Å². The number of amides is 1. The fourth-order valence-corrected chi connectivity index (χ4v) is 3.02. The third kappa shape index (κ3) is 4.35. The number of rotatable bonds is 6. The molecule has 0 bridgehead atoms. The second-order valence-electron chi connectivity index (χ2n) is 5.69. The summed E-state index contributed by atoms with van der Waals surface area (Å²) in [5, 5.41) is 12.4. The minimum Gasteiger partial charge on any atom is -0.299 e. The number of carbonyl (C=O) groups is 1. The minimum atomic E-state index is -0.0573. The van der Waals surface area contributed by atoms with E-state index in [0.717, 1.165) is 10.6 Å². The maximum Gasteiger partial charge on any atom is 0.240 e. The molecule has 1 N–H and O–H groups in total. The fourth-order valence-electron chi connectivity index (χ4n) is 2.26. The van der Waals surface area contributed by atoms with Gasteiger partial charge in [0.15, 0.2) is 0 Å². The largest absolute Gasteiger partial charge is 0.299 e. The molecule has 2 aromatic rings. The van der Waals surface area contributed by atoms with Crippen LogP contribution in [-0.2, 0) is 4.79 Å². The standard InChI is InChI=1S/C16H22N4OS/c1-11(2)20(12(3)4)10-14(21)17-16-19-18-15(22-16)13-8-6-5-7-9-13/h5-9,11-12H,10H2,1-4H3,(H,17,19,21). The third-order valence-electron chi connectivity index (χ3n) is 3.34. The molecule has 118 valence electrons. The van der Waals surface area contributed by atoms with Crippen molar-refractivity contribution in [3.05, 3.63) is 30.3 Å². The molecule has 5 nitrogen and oxygen atoms in total. The molecule has 22 heavy (non-hydrogen) atoms. The van der Waals surface area contributed by atoms with Crippen LogP contribution in [0.3, 0.4) is 0 Å². The van der Waals surface area contributed by atoms with Gasteiger partial charge in [0.25, 0.3) is 0 Å². The fraction of sp³-hybridized carbons (Fsp3) is 0.438. The summed E-state index contributed by atoms with van der Waals surface area (Å²) in [7, 11) is 0. The van der Waals surface area contributed by atoms with Crippen LogP contribution in [0.15, 0.2) is 30.3 Å². The Bertz CT molecular complexity index is 602. The molecule has 0 aliphatic rings. The van der Waals surface area contributed by atoms with Crippen LogP contribution in [0.4, 0.5) is 5.13 Å². The lowest BCUT2D eigenvalue weighted by Gasteiger charge is -2.29. The average molecular weight is 318 g/mol. The zero-order chi connectivity index (χ0) is 16.1. The number of hydrogen-bond acceptors (Lipinski definition) is 5. The lowest BCUT2D eigenvalue weighted by molar-refractivity contribution is -0.118. The predicted octanol–water partition coefficient (Wildman–Crippen LogP) is 3.26. The van der Waals surface area contributed by atoms with Gasteiger partial charge in [-0.05, 0) is 27.7 Å². The van der Waals surface area contributed by atoms with E-state index in [1.54, 1.807) is 0 Å². The van der Waals surface area contributed by atoms with Gasteiger partial charge in [0, 0.05) is 17.6 Å². The van der Waals surface area contributed by atoms with Gasteiger partial charge in [0.2, 0.25) is 11.0 Å². The number of aromatic nitrogens is 2. The first-order valence-electron chi connectivity index (χ1n) is 7.42. The van der Waals surface area contributed by atoms with E-state index < -0.39 is 0 Å². The summed E-state index contributed by atoms with van der Waals surface area (Å²) >= 11 is 1.39. The van der Waals surface area contributed by atoms with Crippen LogP contribution in [0.25, 0.3) is 10.6 Å². The molecule has 2 rings (SSSR count). The Hall–Kier alpha value is -1.79. The smallest absolute Gasteiger partial charge is 0.240 e. The summed E-state index contributed by atoms with van der Waals surface area (Å²) in [6.07, 6.45) is 0. The molecule has 0 unspecified atom stereocenters. The Morgan fingerprint density at radius 1 is 1.14 bits per heavy atom. The third-order valence-corrected chi connectivity index (χ3v) is 4.23. The number of nitrogens with one attached hydrogen (secondary N) is 1. The maximum atomic E-state index is 12.2. The van der Waals surface area contributed by atoms with Crippen molar-refractivity contribution in [2.75, 3.05) is 11.9 Å². The number of carbonyl (C=O) groups excluding carboxylic acids is 1. The summed E-state index contributed by atoms with van der Waals surface area (Å²) in [5.41, 5.74) is 1.01. The summed E-state index contributed by atoms with van der Waals surface area (Å²) in [4.78, 5) is 14.3. The summed E-state index contributed by atoms with van der Waals surface area (Å²) in [6, 6.07) is 10.5. The molecule has 0 atom stereocenters. The highest BCUT2D eigenvalue weighted by Crippen LogP contribution is 2.25. The molecule has 1 heterocycles. The monoisotopic (exact) mass is 318 g/mol. The second kappa shape index (κ2) is 7.47. The quantitative estimate of drug-likeness (QED) is 0.888. The van der Waals surface area contributed by atoms with Gasteiger partial charge in [-0.25, -0.2) is 0 Å². The molecule has 0 saturated heterocycles. The molecule has 6 heteroatoms. The topological polar surface area (TPSA) is 58.1 Å². The molecule has 0 spiro atoms. The van der Waals surface area contributed by atoms with Crippen molar-refractivity contribution < 1.29 is 4.79 Å². The van der Waals surface area contributed by atoms with Crippen molar-refractivity contribution in [2.24, 2.45) is 0 Å². The molecule has 0 saturated carbocycles. The van der Waals surface area contributed by atoms with Gasteiger partial charge < -0.3 is 0 Å². The zero-order valence-corrected chi connectivity index (χ0v) is 14.2. The number of anilines is 1. The van der Waals surface area contributed by atoms with Crippen molar-refractivity contribution in [3.8, 4) is 10.6 Å². The van der Waals surface area contributed by atoms with E-state index in [1.165, 1.54) is 11.3 Å². The lowest BCUT2D eigenvalue weighted by Crippen LogP contribution is -2.42. The minimum absolute atomic E-state index is 0.0573. The van der Waals surface area contributed by atoms with E-state index in [2.05, 4.69) is 48.1 Å². The molecule has 1 amide bonds. The first-order valence-corrected chi connectivity index (χ1v) is 8.23. The van der Waals surface area contributed by atoms with Crippen LogP contribution >= 0.6 is 11.3 Å². The Kier molecular flexibility index (Phi) is 5.63. The van der Waals surface area contributed by atoms with E-state index in [1.807, 2.05) is 30.3 Å². The number of nitrogens with zero attached hydrogens (tertiary/aromatic N) is 3. The Labute approximate surface area is 135 Å². The van der Waals surface area contributed by atoms with Crippen LogP contribution in [0.2, 0.25) is 0 Å². The van der Waals surface area contributed by atoms with Gasteiger partial charge in [0.05, 0.1) is 6.54 Å². The molecular formula is C16H22N4OS. The highest BCUT2D eigenvalue weighted by molar-refractivity contribution is 7.18. The van der Waals surface area contributed by atoms with E-state index >= 15 is 0 Å². The first-order chi connectivity index (χ1) is 10.5. The SMILES string of the molecule is CC(C)N(CC(=O)Nc1nnc(-c2ccccc2)s1)C(C)C. The first kappa shape index (κ1) is 16.6. The molecule has 1 aromatic carbocycles. The zero-order valence-electron chi connectivity index (χ0n) is 13.4. The van der Waals surface area contributed by atoms with Crippen LogP contribution in [0.1, 0.15) is 27.7 Å². The molecule has 0 aliphatic carbocycles. The Balaban J connectivity index is 1.99. The summed E-state index contributed by atoms with van der Waals surface area (Å²) < 4.78 is 0. The van der Waals surface area contributed by atoms with Crippen molar-refractivity contribution in [2.45, 2.75) is 39.8 Å². The highest BCUT2D eigenvalue weighted by atomic mass is 32.1. The van der Waals surface area contributed by atoms with Crippen LogP contribution in [0.5, 0.6) is 0 Å². The van der Waals surface area contributed by atoms with Gasteiger partial charge in [0.1, 0.15) is 5.01 Å². The summed E-state index contributed by atoms with van der Waals surface area (Å²) in [6.45, 7) is 8.71. The van der Waals surface area contributed by atoms with E-state index in [9.17, 15) is 4.79 Å².